The largest absolute Gasteiger partial charge is 0.433 e. The molecule has 3 rings (SSSR count). The van der Waals surface area contributed by atoms with Crippen LogP contribution in [0.15, 0.2) is 41.7 Å². The molecule has 126 valence electrons. The highest BCUT2D eigenvalue weighted by Crippen LogP contribution is 2.28. The van der Waals surface area contributed by atoms with Gasteiger partial charge in [0.1, 0.15) is 18.3 Å². The van der Waals surface area contributed by atoms with E-state index in [9.17, 15) is 18.0 Å². The maximum atomic E-state index is 12.9. The van der Waals surface area contributed by atoms with Crippen LogP contribution >= 0.6 is 11.6 Å². The fraction of sp³-hybridized carbons (Fsp3) is 0.214. The molecule has 0 radical (unpaired) electrons. The lowest BCUT2D eigenvalue weighted by molar-refractivity contribution is -0.144. The van der Waals surface area contributed by atoms with Crippen LogP contribution in [-0.4, -0.2) is 24.1 Å². The summed E-state index contributed by atoms with van der Waals surface area (Å²) >= 11 is 5.98. The van der Waals surface area contributed by atoms with Gasteiger partial charge in [0.25, 0.3) is 5.56 Å². The van der Waals surface area contributed by atoms with E-state index in [1.54, 1.807) is 18.2 Å². The fourth-order valence-electron chi connectivity index (χ4n) is 2.39. The monoisotopic (exact) mass is 357 g/mol. The van der Waals surface area contributed by atoms with Crippen molar-refractivity contribution in [3.05, 3.63) is 63.6 Å². The molecule has 0 aliphatic carbocycles. The smallest absolute Gasteiger partial charge is 0.281 e. The topological polar surface area (TPSA) is 57.6 Å². The summed E-state index contributed by atoms with van der Waals surface area (Å²) in [6.45, 7) is -0.0717. The average molecular weight is 358 g/mol. The normalized spacial score (nSPS) is 11.9. The SMILES string of the molecule is Cn1c(C(F)(F)F)cc(=O)n1Cc1ccc(Cl)cc1-n1cncn1. The molecule has 6 nitrogen and oxygen atoms in total. The Balaban J connectivity index is 2.08. The van der Waals surface area contributed by atoms with Crippen LogP contribution in [-0.2, 0) is 19.8 Å². The first-order valence-electron chi connectivity index (χ1n) is 6.75. The van der Waals surface area contributed by atoms with E-state index < -0.39 is 17.4 Å². The molecule has 24 heavy (non-hydrogen) atoms. The van der Waals surface area contributed by atoms with Crippen molar-refractivity contribution >= 4 is 11.6 Å². The summed E-state index contributed by atoms with van der Waals surface area (Å²) in [5.41, 5.74) is -0.656. The van der Waals surface area contributed by atoms with Gasteiger partial charge in [0.2, 0.25) is 0 Å². The van der Waals surface area contributed by atoms with Crippen molar-refractivity contribution in [2.75, 3.05) is 0 Å². The molecule has 0 fully saturated rings. The van der Waals surface area contributed by atoms with Crippen molar-refractivity contribution in [3.8, 4) is 5.69 Å². The molecule has 0 aliphatic heterocycles. The van der Waals surface area contributed by atoms with Crippen molar-refractivity contribution in [2.24, 2.45) is 7.05 Å². The molecule has 0 atom stereocenters. The number of benzene rings is 1. The Kier molecular flexibility index (Phi) is 3.96. The number of aromatic nitrogens is 5. The van der Waals surface area contributed by atoms with E-state index in [4.69, 9.17) is 11.6 Å². The minimum atomic E-state index is -4.60. The molecule has 0 aliphatic rings. The van der Waals surface area contributed by atoms with Crippen molar-refractivity contribution in [1.29, 1.82) is 0 Å². The summed E-state index contributed by atoms with van der Waals surface area (Å²) in [6.07, 6.45) is -1.85. The van der Waals surface area contributed by atoms with Crippen molar-refractivity contribution in [1.82, 2.24) is 24.1 Å². The third kappa shape index (κ3) is 2.94. The highest BCUT2D eigenvalue weighted by Gasteiger charge is 2.35. The van der Waals surface area contributed by atoms with Gasteiger partial charge in [0.05, 0.1) is 12.2 Å². The van der Waals surface area contributed by atoms with E-state index in [-0.39, 0.29) is 6.54 Å². The van der Waals surface area contributed by atoms with Crippen LogP contribution in [0.25, 0.3) is 5.69 Å². The second-order valence-electron chi connectivity index (χ2n) is 5.06. The zero-order valence-corrected chi connectivity index (χ0v) is 13.1. The minimum Gasteiger partial charge on any atom is -0.281 e. The summed E-state index contributed by atoms with van der Waals surface area (Å²) in [5.74, 6) is 0. The molecule has 1 aromatic carbocycles. The maximum absolute atomic E-state index is 12.9. The average Bonchev–Trinajstić information content (AvgIpc) is 3.11. The predicted octanol–water partition coefficient (Wildman–Crippen LogP) is 2.49. The number of hydrogen-bond donors (Lipinski definition) is 0. The lowest BCUT2D eigenvalue weighted by Crippen LogP contribution is -2.24. The van der Waals surface area contributed by atoms with E-state index in [1.165, 1.54) is 24.4 Å². The highest BCUT2D eigenvalue weighted by molar-refractivity contribution is 6.30. The van der Waals surface area contributed by atoms with E-state index in [0.717, 1.165) is 9.36 Å². The minimum absolute atomic E-state index is 0.0717. The van der Waals surface area contributed by atoms with Gasteiger partial charge in [0, 0.05) is 18.1 Å². The number of hydrogen-bond acceptors (Lipinski definition) is 3. The lowest BCUT2D eigenvalue weighted by Gasteiger charge is -2.14. The third-order valence-electron chi connectivity index (χ3n) is 3.55. The van der Waals surface area contributed by atoms with Gasteiger partial charge in [-0.15, -0.1) is 0 Å². The molecule has 0 amide bonds. The number of rotatable bonds is 3. The van der Waals surface area contributed by atoms with Gasteiger partial charge in [0.15, 0.2) is 0 Å². The van der Waals surface area contributed by atoms with Crippen LogP contribution < -0.4 is 5.56 Å². The van der Waals surface area contributed by atoms with Gasteiger partial charge in [-0.05, 0) is 17.7 Å². The Morgan fingerprint density at radius 2 is 2.00 bits per heavy atom. The van der Waals surface area contributed by atoms with Gasteiger partial charge in [-0.25, -0.2) is 14.3 Å². The second kappa shape index (κ2) is 5.82. The number of nitrogens with zero attached hydrogens (tertiary/aromatic N) is 5. The Labute approximate surface area is 138 Å². The zero-order valence-electron chi connectivity index (χ0n) is 12.3. The van der Waals surface area contributed by atoms with Crippen LogP contribution in [0.3, 0.4) is 0 Å². The molecule has 3 aromatic rings. The van der Waals surface area contributed by atoms with E-state index in [0.29, 0.717) is 22.3 Å². The maximum Gasteiger partial charge on any atom is 0.433 e. The molecule has 0 saturated carbocycles. The third-order valence-corrected chi connectivity index (χ3v) is 3.78. The molecule has 0 spiro atoms. The van der Waals surface area contributed by atoms with Crippen LogP contribution in [0, 0.1) is 0 Å². The van der Waals surface area contributed by atoms with Crippen LogP contribution in [0.4, 0.5) is 13.2 Å². The summed E-state index contributed by atoms with van der Waals surface area (Å²) in [4.78, 5) is 15.8. The Morgan fingerprint density at radius 1 is 1.25 bits per heavy atom. The van der Waals surface area contributed by atoms with Crippen molar-refractivity contribution in [2.45, 2.75) is 12.7 Å². The van der Waals surface area contributed by atoms with Gasteiger partial charge >= 0.3 is 6.18 Å². The number of alkyl halides is 3. The molecule has 0 saturated heterocycles. The van der Waals surface area contributed by atoms with Crippen LogP contribution in [0.5, 0.6) is 0 Å². The second-order valence-corrected chi connectivity index (χ2v) is 5.50. The Bertz CT molecular complexity index is 927. The molecule has 2 heterocycles. The predicted molar refractivity (Wildman–Crippen MR) is 80.1 cm³/mol. The van der Waals surface area contributed by atoms with E-state index in [2.05, 4.69) is 10.1 Å². The number of halogens is 4. The first-order chi connectivity index (χ1) is 11.3. The summed E-state index contributed by atoms with van der Waals surface area (Å²) in [5, 5.41) is 4.42. The lowest BCUT2D eigenvalue weighted by atomic mass is 10.2. The van der Waals surface area contributed by atoms with E-state index >= 15 is 0 Å². The Morgan fingerprint density at radius 3 is 2.58 bits per heavy atom. The first-order valence-corrected chi connectivity index (χ1v) is 7.12. The quantitative estimate of drug-likeness (QED) is 0.723. The fourth-order valence-corrected chi connectivity index (χ4v) is 2.56. The first kappa shape index (κ1) is 16.3. The van der Waals surface area contributed by atoms with Crippen molar-refractivity contribution < 1.29 is 13.2 Å². The van der Waals surface area contributed by atoms with E-state index in [1.807, 2.05) is 0 Å². The Hall–Kier alpha value is -2.55. The summed E-state index contributed by atoms with van der Waals surface area (Å²) in [7, 11) is 1.19. The molecular weight excluding hydrogens is 347 g/mol. The standard InChI is InChI=1S/C14H11ClF3N5O/c1-21-12(14(16,17)18)5-13(24)23(21)6-9-2-3-10(15)4-11(9)22-8-19-7-20-22/h2-5,7-8H,6H2,1H3. The van der Waals surface area contributed by atoms with Crippen molar-refractivity contribution in [3.63, 3.8) is 0 Å². The molecule has 10 heteroatoms. The molecule has 0 N–H and O–H groups in total. The highest BCUT2D eigenvalue weighted by atomic mass is 35.5. The van der Waals surface area contributed by atoms with Gasteiger partial charge in [-0.1, -0.05) is 17.7 Å². The molecule has 0 unspecified atom stereocenters. The molecule has 0 bridgehead atoms. The summed E-state index contributed by atoms with van der Waals surface area (Å²) < 4.78 is 42.0. The van der Waals surface area contributed by atoms with Gasteiger partial charge in [-0.2, -0.15) is 18.3 Å². The van der Waals surface area contributed by atoms with Crippen LogP contribution in [0.1, 0.15) is 11.3 Å². The van der Waals surface area contributed by atoms with Gasteiger partial charge < -0.3 is 0 Å². The van der Waals surface area contributed by atoms with Crippen LogP contribution in [0.2, 0.25) is 5.02 Å². The molecule has 2 aromatic heterocycles. The molecular formula is C14H11ClF3N5O. The zero-order chi connectivity index (χ0) is 17.5. The summed E-state index contributed by atoms with van der Waals surface area (Å²) in [6, 6.07) is 5.40. The van der Waals surface area contributed by atoms with Gasteiger partial charge in [-0.3, -0.25) is 9.48 Å².